The van der Waals surface area contributed by atoms with Gasteiger partial charge in [0.05, 0.1) is 19.1 Å². The van der Waals surface area contributed by atoms with E-state index in [-0.39, 0.29) is 43.1 Å². The van der Waals surface area contributed by atoms with Gasteiger partial charge in [0, 0.05) is 49.0 Å². The Balaban J connectivity index is 1.26. The first-order chi connectivity index (χ1) is 17.0. The second-order valence-electron chi connectivity index (χ2n) is 9.49. The minimum atomic E-state index is -0.510. The second-order valence-corrected chi connectivity index (χ2v) is 9.49. The van der Waals surface area contributed by atoms with Gasteiger partial charge in [-0.1, -0.05) is 18.2 Å². The van der Waals surface area contributed by atoms with Crippen LogP contribution in [0, 0.1) is 0 Å². The van der Waals surface area contributed by atoms with Crippen molar-refractivity contribution in [2.75, 3.05) is 50.5 Å². The van der Waals surface area contributed by atoms with E-state index in [4.69, 9.17) is 9.47 Å². The van der Waals surface area contributed by atoms with Crippen molar-refractivity contribution >= 4 is 23.3 Å². The highest BCUT2D eigenvalue weighted by molar-refractivity contribution is 5.99. The van der Waals surface area contributed by atoms with Crippen molar-refractivity contribution in [3.05, 3.63) is 54.1 Å². The van der Waals surface area contributed by atoms with E-state index in [0.29, 0.717) is 17.8 Å². The number of aliphatic hydroxyl groups excluding tert-OH is 1. The zero-order valence-electron chi connectivity index (χ0n) is 19.9. The molecule has 3 heterocycles. The summed E-state index contributed by atoms with van der Waals surface area (Å²) in [5, 5.41) is 15.7. The molecule has 2 fully saturated rings. The van der Waals surface area contributed by atoms with Gasteiger partial charge < -0.3 is 35.0 Å². The Morgan fingerprint density at radius 1 is 1.03 bits per heavy atom. The van der Waals surface area contributed by atoms with Crippen LogP contribution >= 0.6 is 0 Å². The number of hydrogen-bond donors (Lipinski definition) is 3. The number of benzene rings is 2. The molecule has 5 rings (SSSR count). The lowest BCUT2D eigenvalue weighted by Gasteiger charge is -2.38. The predicted molar refractivity (Wildman–Crippen MR) is 132 cm³/mol. The Kier molecular flexibility index (Phi) is 6.90. The monoisotopic (exact) mass is 480 g/mol. The summed E-state index contributed by atoms with van der Waals surface area (Å²) in [4.78, 5) is 29.5. The summed E-state index contributed by atoms with van der Waals surface area (Å²) >= 11 is 0. The van der Waals surface area contributed by atoms with Gasteiger partial charge in [-0.3, -0.25) is 4.79 Å². The maximum atomic E-state index is 12.9. The number of anilines is 2. The van der Waals surface area contributed by atoms with Crippen molar-refractivity contribution in [2.45, 2.75) is 37.1 Å². The molecular weight excluding hydrogens is 448 g/mol. The number of hydrogen-bond acceptors (Lipinski definition) is 6. The topological polar surface area (TPSA) is 103 Å². The van der Waals surface area contributed by atoms with Gasteiger partial charge in [0.15, 0.2) is 0 Å². The van der Waals surface area contributed by atoms with E-state index in [1.807, 2.05) is 47.4 Å². The zero-order chi connectivity index (χ0) is 24.4. The van der Waals surface area contributed by atoms with Crippen LogP contribution in [-0.4, -0.2) is 85.0 Å². The minimum absolute atomic E-state index is 0.0277. The molecule has 3 aliphatic rings. The van der Waals surface area contributed by atoms with Crippen LogP contribution in [0.3, 0.4) is 0 Å². The fourth-order valence-corrected chi connectivity index (χ4v) is 5.16. The lowest BCUT2D eigenvalue weighted by Crippen LogP contribution is -2.50. The van der Waals surface area contributed by atoms with Crippen LogP contribution in [0.15, 0.2) is 48.5 Å². The van der Waals surface area contributed by atoms with E-state index in [2.05, 4.69) is 22.6 Å². The molecule has 3 N–H and O–H groups in total. The second kappa shape index (κ2) is 10.2. The first-order valence-corrected chi connectivity index (χ1v) is 12.2. The Morgan fingerprint density at radius 2 is 1.77 bits per heavy atom. The third kappa shape index (κ3) is 5.27. The van der Waals surface area contributed by atoms with E-state index in [1.54, 1.807) is 6.07 Å². The molecule has 186 valence electrons. The van der Waals surface area contributed by atoms with Gasteiger partial charge in [0.25, 0.3) is 0 Å². The van der Waals surface area contributed by atoms with Gasteiger partial charge >= 0.3 is 6.03 Å². The van der Waals surface area contributed by atoms with Crippen molar-refractivity contribution in [1.82, 2.24) is 9.80 Å². The number of ether oxygens (including phenoxy) is 2. The van der Waals surface area contributed by atoms with Gasteiger partial charge in [0.2, 0.25) is 5.91 Å². The summed E-state index contributed by atoms with van der Waals surface area (Å²) in [6.07, 6.45) is -0.223. The van der Waals surface area contributed by atoms with Crippen molar-refractivity contribution in [2.24, 2.45) is 0 Å². The zero-order valence-corrected chi connectivity index (χ0v) is 19.9. The molecule has 0 radical (unpaired) electrons. The highest BCUT2D eigenvalue weighted by atomic mass is 16.6. The molecule has 0 saturated carbocycles. The normalized spacial score (nSPS) is 25.8. The fourth-order valence-electron chi connectivity index (χ4n) is 5.16. The Morgan fingerprint density at radius 3 is 2.51 bits per heavy atom. The van der Waals surface area contributed by atoms with Crippen molar-refractivity contribution in [3.8, 4) is 5.75 Å². The molecule has 0 aliphatic carbocycles. The molecule has 3 aliphatic heterocycles. The van der Waals surface area contributed by atoms with Crippen molar-refractivity contribution < 1.29 is 24.2 Å². The van der Waals surface area contributed by atoms with Gasteiger partial charge in [-0.05, 0) is 43.8 Å². The van der Waals surface area contributed by atoms with E-state index in [0.717, 1.165) is 37.5 Å². The molecule has 0 spiro atoms. The quantitative estimate of drug-likeness (QED) is 0.608. The van der Waals surface area contributed by atoms with Crippen LogP contribution in [0.4, 0.5) is 16.2 Å². The molecule has 2 aromatic rings. The van der Waals surface area contributed by atoms with Crippen LogP contribution in [-0.2, 0) is 9.53 Å². The van der Waals surface area contributed by atoms with Gasteiger partial charge in [-0.15, -0.1) is 0 Å². The SMILES string of the molecule is CN1CCN(C(=O)C[C@@H]2C[C@H]3c4cc(NC(=O)Nc5ccccc5)ccc4O[C@H]3[C@H](CO)O2)CC1. The van der Waals surface area contributed by atoms with Crippen LogP contribution in [0.1, 0.15) is 24.3 Å². The fraction of sp³-hybridized carbons (Fsp3) is 0.462. The molecule has 3 amide bonds. The number of carbonyl (C=O) groups excluding carboxylic acids is 2. The van der Waals surface area contributed by atoms with Crippen LogP contribution in [0.25, 0.3) is 0 Å². The molecule has 2 saturated heterocycles. The number of urea groups is 1. The largest absolute Gasteiger partial charge is 0.487 e. The molecule has 9 heteroatoms. The third-order valence-electron chi connectivity index (χ3n) is 7.05. The molecule has 0 aromatic heterocycles. The maximum Gasteiger partial charge on any atom is 0.323 e. The lowest BCUT2D eigenvalue weighted by molar-refractivity contribution is -0.150. The Hall–Kier alpha value is -3.14. The minimum Gasteiger partial charge on any atom is -0.487 e. The molecule has 0 bridgehead atoms. The lowest BCUT2D eigenvalue weighted by atomic mass is 9.84. The number of carbonyl (C=O) groups is 2. The first-order valence-electron chi connectivity index (χ1n) is 12.2. The summed E-state index contributed by atoms with van der Waals surface area (Å²) in [6, 6.07) is 14.5. The Bertz CT molecular complexity index is 1060. The van der Waals surface area contributed by atoms with E-state index < -0.39 is 6.10 Å². The number of para-hydroxylation sites is 1. The Labute approximate surface area is 205 Å². The summed E-state index contributed by atoms with van der Waals surface area (Å²) in [6.45, 7) is 3.01. The van der Waals surface area contributed by atoms with E-state index in [1.165, 1.54) is 0 Å². The molecule has 9 nitrogen and oxygen atoms in total. The number of amides is 3. The molecule has 0 unspecified atom stereocenters. The van der Waals surface area contributed by atoms with E-state index >= 15 is 0 Å². The molecule has 35 heavy (non-hydrogen) atoms. The van der Waals surface area contributed by atoms with Crippen molar-refractivity contribution in [3.63, 3.8) is 0 Å². The maximum absolute atomic E-state index is 12.9. The average Bonchev–Trinajstić information content (AvgIpc) is 3.22. The number of nitrogens with one attached hydrogen (secondary N) is 2. The summed E-state index contributed by atoms with van der Waals surface area (Å²) in [5.41, 5.74) is 2.32. The van der Waals surface area contributed by atoms with Crippen LogP contribution in [0.5, 0.6) is 5.75 Å². The third-order valence-corrected chi connectivity index (χ3v) is 7.05. The summed E-state index contributed by atoms with van der Waals surface area (Å²) in [5.74, 6) is 0.785. The molecular formula is C26H32N4O5. The highest BCUT2D eigenvalue weighted by Gasteiger charge is 2.46. The summed E-state index contributed by atoms with van der Waals surface area (Å²) < 4.78 is 12.2. The standard InChI is InChI=1S/C26H32N4O5/c1-29-9-11-30(12-10-29)24(32)15-19-14-21-20-13-18(28-26(33)27-17-5-3-2-4-6-17)7-8-22(20)35-25(21)23(16-31)34-19/h2-8,13,19,21,23,25,31H,9-12,14-16H2,1H3,(H2,27,28,33)/t19-,21-,23-,25+/m0/s1. The van der Waals surface area contributed by atoms with Crippen LogP contribution < -0.4 is 15.4 Å². The highest BCUT2D eigenvalue weighted by Crippen LogP contribution is 2.47. The number of nitrogens with zero attached hydrogens (tertiary/aromatic N) is 2. The number of piperazine rings is 1. The molecule has 4 atom stereocenters. The van der Waals surface area contributed by atoms with Gasteiger partial charge in [-0.25, -0.2) is 4.79 Å². The first kappa shape index (κ1) is 23.6. The number of likely N-dealkylation sites (N-methyl/N-ethyl adjacent to an activating group) is 1. The number of fused-ring (bicyclic) bond motifs is 3. The smallest absolute Gasteiger partial charge is 0.323 e. The van der Waals surface area contributed by atoms with Gasteiger partial charge in [0.1, 0.15) is 18.0 Å². The molecule has 2 aromatic carbocycles. The van der Waals surface area contributed by atoms with Gasteiger partial charge in [-0.2, -0.15) is 0 Å². The number of aliphatic hydroxyl groups is 1. The predicted octanol–water partition coefficient (Wildman–Crippen LogP) is 2.49. The number of rotatable bonds is 5. The van der Waals surface area contributed by atoms with Crippen molar-refractivity contribution in [1.29, 1.82) is 0 Å². The summed E-state index contributed by atoms with van der Waals surface area (Å²) in [7, 11) is 2.06. The van der Waals surface area contributed by atoms with Crippen LogP contribution in [0.2, 0.25) is 0 Å². The average molecular weight is 481 g/mol. The van der Waals surface area contributed by atoms with E-state index in [9.17, 15) is 14.7 Å².